The Kier molecular flexibility index (Phi) is 6.96. The second-order valence-corrected chi connectivity index (χ2v) is 5.22. The second kappa shape index (κ2) is 7.09. The summed E-state index contributed by atoms with van der Waals surface area (Å²) >= 11 is 1.56. The van der Waals surface area contributed by atoms with Crippen molar-refractivity contribution < 1.29 is 9.90 Å². The Labute approximate surface area is 89.6 Å². The number of nitrogens with two attached hydrogens (primary N) is 1. The molecule has 0 aliphatic rings. The number of carbonyl (C=O) groups is 1. The van der Waals surface area contributed by atoms with Crippen molar-refractivity contribution in [1.82, 2.24) is 5.43 Å². The molecule has 5 heteroatoms. The third-order valence-corrected chi connectivity index (χ3v) is 3.67. The fourth-order valence-electron chi connectivity index (χ4n) is 1.10. The molecule has 2 atom stereocenters. The molecule has 0 aromatic carbocycles. The van der Waals surface area contributed by atoms with Gasteiger partial charge in [0.25, 0.3) is 0 Å². The van der Waals surface area contributed by atoms with E-state index in [1.807, 2.05) is 20.8 Å². The van der Waals surface area contributed by atoms with Crippen molar-refractivity contribution in [2.24, 2.45) is 11.8 Å². The standard InChI is InChI=1S/C9H20N2O2S/c1-6(2)8(9(13)11-10)14-7(3)4-5-12/h6-8,12H,4-5,10H2,1-3H3,(H,11,13). The summed E-state index contributed by atoms with van der Waals surface area (Å²) in [5, 5.41) is 8.88. The zero-order chi connectivity index (χ0) is 11.1. The minimum Gasteiger partial charge on any atom is -0.396 e. The van der Waals surface area contributed by atoms with Crippen LogP contribution >= 0.6 is 11.8 Å². The zero-order valence-electron chi connectivity index (χ0n) is 8.99. The average molecular weight is 220 g/mol. The first-order valence-electron chi connectivity index (χ1n) is 4.79. The van der Waals surface area contributed by atoms with Crippen LogP contribution in [0.1, 0.15) is 27.2 Å². The number of thioether (sulfide) groups is 1. The molecule has 0 spiro atoms. The molecule has 0 aliphatic carbocycles. The first-order valence-corrected chi connectivity index (χ1v) is 5.74. The van der Waals surface area contributed by atoms with Crippen LogP contribution in [0.3, 0.4) is 0 Å². The summed E-state index contributed by atoms with van der Waals surface area (Å²) in [5.41, 5.74) is 2.17. The lowest BCUT2D eigenvalue weighted by Crippen LogP contribution is -2.40. The molecule has 0 aromatic heterocycles. The van der Waals surface area contributed by atoms with E-state index in [0.29, 0.717) is 6.42 Å². The van der Waals surface area contributed by atoms with Gasteiger partial charge in [-0.3, -0.25) is 10.2 Å². The molecular weight excluding hydrogens is 200 g/mol. The molecule has 0 fully saturated rings. The van der Waals surface area contributed by atoms with Crippen LogP contribution in [0.2, 0.25) is 0 Å². The number of hydrogen-bond acceptors (Lipinski definition) is 4. The third kappa shape index (κ3) is 4.83. The smallest absolute Gasteiger partial charge is 0.247 e. The molecule has 84 valence electrons. The largest absolute Gasteiger partial charge is 0.396 e. The highest BCUT2D eigenvalue weighted by Gasteiger charge is 2.23. The highest BCUT2D eigenvalue weighted by Crippen LogP contribution is 2.25. The molecule has 0 rings (SSSR count). The number of amides is 1. The summed E-state index contributed by atoms with van der Waals surface area (Å²) in [7, 11) is 0. The van der Waals surface area contributed by atoms with Crippen LogP contribution in [0.15, 0.2) is 0 Å². The van der Waals surface area contributed by atoms with Crippen molar-refractivity contribution in [2.45, 2.75) is 37.7 Å². The first kappa shape index (κ1) is 13.7. The average Bonchev–Trinajstić information content (AvgIpc) is 2.13. The molecule has 0 saturated carbocycles. The van der Waals surface area contributed by atoms with Gasteiger partial charge in [0.15, 0.2) is 0 Å². The van der Waals surface area contributed by atoms with Crippen LogP contribution in [0, 0.1) is 5.92 Å². The fourth-order valence-corrected chi connectivity index (χ4v) is 2.35. The van der Waals surface area contributed by atoms with Crippen LogP contribution in [0.25, 0.3) is 0 Å². The van der Waals surface area contributed by atoms with Gasteiger partial charge >= 0.3 is 0 Å². The van der Waals surface area contributed by atoms with Gasteiger partial charge < -0.3 is 5.11 Å². The van der Waals surface area contributed by atoms with Crippen molar-refractivity contribution in [3.8, 4) is 0 Å². The second-order valence-electron chi connectivity index (χ2n) is 3.63. The van der Waals surface area contributed by atoms with E-state index in [1.54, 1.807) is 11.8 Å². The van der Waals surface area contributed by atoms with Gasteiger partial charge in [-0.15, -0.1) is 11.8 Å². The van der Waals surface area contributed by atoms with E-state index < -0.39 is 0 Å². The lowest BCUT2D eigenvalue weighted by atomic mass is 10.1. The van der Waals surface area contributed by atoms with E-state index in [-0.39, 0.29) is 28.9 Å². The van der Waals surface area contributed by atoms with Gasteiger partial charge in [0, 0.05) is 11.9 Å². The van der Waals surface area contributed by atoms with Crippen molar-refractivity contribution in [2.75, 3.05) is 6.61 Å². The number of rotatable bonds is 6. The quantitative estimate of drug-likeness (QED) is 0.346. The minimum atomic E-state index is -0.144. The van der Waals surface area contributed by atoms with Crippen LogP contribution < -0.4 is 11.3 Å². The van der Waals surface area contributed by atoms with Gasteiger partial charge in [0.05, 0.1) is 5.25 Å². The van der Waals surface area contributed by atoms with Crippen molar-refractivity contribution >= 4 is 17.7 Å². The monoisotopic (exact) mass is 220 g/mol. The van der Waals surface area contributed by atoms with Crippen LogP contribution in [-0.2, 0) is 4.79 Å². The molecule has 0 heterocycles. The third-order valence-electron chi connectivity index (χ3n) is 1.92. The van der Waals surface area contributed by atoms with Gasteiger partial charge in [-0.05, 0) is 12.3 Å². The van der Waals surface area contributed by atoms with E-state index in [9.17, 15) is 4.79 Å². The summed E-state index contributed by atoms with van der Waals surface area (Å²) in [5.74, 6) is 5.19. The molecule has 1 amide bonds. The minimum absolute atomic E-state index is 0.137. The van der Waals surface area contributed by atoms with Gasteiger partial charge in [0.2, 0.25) is 5.91 Å². The van der Waals surface area contributed by atoms with Gasteiger partial charge in [-0.1, -0.05) is 20.8 Å². The Hall–Kier alpha value is -0.260. The lowest BCUT2D eigenvalue weighted by Gasteiger charge is -2.21. The summed E-state index contributed by atoms with van der Waals surface area (Å²) in [6.07, 6.45) is 0.700. The number of carbonyl (C=O) groups excluding carboxylic acids is 1. The normalized spacial score (nSPS) is 15.3. The summed E-state index contributed by atoms with van der Waals surface area (Å²) in [6.45, 7) is 6.13. The van der Waals surface area contributed by atoms with E-state index >= 15 is 0 Å². The number of hydrazine groups is 1. The molecule has 0 radical (unpaired) electrons. The molecular formula is C9H20N2O2S. The Morgan fingerprint density at radius 3 is 2.43 bits per heavy atom. The van der Waals surface area contributed by atoms with E-state index in [0.717, 1.165) is 0 Å². The topological polar surface area (TPSA) is 75.3 Å². The summed E-state index contributed by atoms with van der Waals surface area (Å²) in [6, 6.07) is 0. The Bertz CT molecular complexity index is 176. The van der Waals surface area contributed by atoms with Crippen LogP contribution in [0.5, 0.6) is 0 Å². The number of aliphatic hydroxyl groups is 1. The molecule has 2 unspecified atom stereocenters. The lowest BCUT2D eigenvalue weighted by molar-refractivity contribution is -0.121. The van der Waals surface area contributed by atoms with Crippen molar-refractivity contribution in [1.29, 1.82) is 0 Å². The van der Waals surface area contributed by atoms with E-state index in [2.05, 4.69) is 5.43 Å². The van der Waals surface area contributed by atoms with Gasteiger partial charge in [-0.25, -0.2) is 5.84 Å². The Balaban J connectivity index is 4.16. The molecule has 14 heavy (non-hydrogen) atoms. The number of hydrogen-bond donors (Lipinski definition) is 3. The van der Waals surface area contributed by atoms with Crippen molar-refractivity contribution in [3.05, 3.63) is 0 Å². The van der Waals surface area contributed by atoms with Gasteiger partial charge in [-0.2, -0.15) is 0 Å². The maximum absolute atomic E-state index is 11.4. The molecule has 0 aromatic rings. The van der Waals surface area contributed by atoms with E-state index in [1.165, 1.54) is 0 Å². The molecule has 4 N–H and O–H groups in total. The molecule has 0 bridgehead atoms. The van der Waals surface area contributed by atoms with Crippen LogP contribution in [-0.4, -0.2) is 28.1 Å². The molecule has 0 aliphatic heterocycles. The maximum atomic E-state index is 11.4. The number of nitrogens with one attached hydrogen (secondary N) is 1. The maximum Gasteiger partial charge on any atom is 0.247 e. The highest BCUT2D eigenvalue weighted by molar-refractivity contribution is 8.01. The summed E-state index contributed by atoms with van der Waals surface area (Å²) < 4.78 is 0. The Morgan fingerprint density at radius 2 is 2.07 bits per heavy atom. The van der Waals surface area contributed by atoms with Crippen LogP contribution in [0.4, 0.5) is 0 Å². The zero-order valence-corrected chi connectivity index (χ0v) is 9.80. The first-order chi connectivity index (χ1) is 6.52. The van der Waals surface area contributed by atoms with Gasteiger partial charge in [0.1, 0.15) is 0 Å². The predicted molar refractivity (Wildman–Crippen MR) is 59.7 cm³/mol. The Morgan fingerprint density at radius 1 is 1.50 bits per heavy atom. The van der Waals surface area contributed by atoms with E-state index in [4.69, 9.17) is 10.9 Å². The molecule has 4 nitrogen and oxygen atoms in total. The fraction of sp³-hybridized carbons (Fsp3) is 0.889. The number of aliphatic hydroxyl groups excluding tert-OH is 1. The SMILES string of the molecule is CC(CCO)SC(C(=O)NN)C(C)C. The predicted octanol–water partition coefficient (Wildman–Crippen LogP) is 0.505. The molecule has 0 saturated heterocycles. The van der Waals surface area contributed by atoms with Crippen molar-refractivity contribution in [3.63, 3.8) is 0 Å². The summed E-state index contributed by atoms with van der Waals surface area (Å²) in [4.78, 5) is 11.4. The highest BCUT2D eigenvalue weighted by atomic mass is 32.2.